The number of ether oxygens (including phenoxy) is 2. The highest BCUT2D eigenvalue weighted by molar-refractivity contribution is 5.79. The summed E-state index contributed by atoms with van der Waals surface area (Å²) in [6, 6.07) is 9.66. The van der Waals surface area contributed by atoms with Crippen LogP contribution in [0.5, 0.6) is 11.6 Å². The van der Waals surface area contributed by atoms with Crippen LogP contribution in [0.1, 0.15) is 36.8 Å². The molecule has 1 aliphatic carbocycles. The largest absolute Gasteiger partial charge is 0.497 e. The number of benzene rings is 1. The zero-order chi connectivity index (χ0) is 20.9. The fraction of sp³-hybridized carbons (Fsp3) is 0.429. The van der Waals surface area contributed by atoms with Gasteiger partial charge in [-0.3, -0.25) is 4.79 Å². The van der Waals surface area contributed by atoms with Gasteiger partial charge in [0.15, 0.2) is 0 Å². The molecule has 3 rings (SSSR count). The number of rotatable bonds is 6. The molecular weight excluding hydrogens is 385 g/mol. The van der Waals surface area contributed by atoms with E-state index < -0.39 is 11.7 Å². The van der Waals surface area contributed by atoms with E-state index in [1.807, 2.05) is 24.3 Å². The van der Waals surface area contributed by atoms with Crippen LogP contribution in [0, 0.1) is 0 Å². The fourth-order valence-electron chi connectivity index (χ4n) is 3.36. The van der Waals surface area contributed by atoms with E-state index in [-0.39, 0.29) is 30.4 Å². The normalized spacial score (nSPS) is 19.4. The highest BCUT2D eigenvalue weighted by atomic mass is 19.4. The molecule has 0 atom stereocenters. The summed E-state index contributed by atoms with van der Waals surface area (Å²) in [7, 11) is 1.58. The van der Waals surface area contributed by atoms with Crippen LogP contribution in [0.25, 0.3) is 0 Å². The molecule has 1 aromatic heterocycles. The van der Waals surface area contributed by atoms with Crippen LogP contribution in [0.4, 0.5) is 13.2 Å². The molecule has 1 saturated carbocycles. The lowest BCUT2D eigenvalue weighted by atomic mass is 9.92. The Bertz CT molecular complexity index is 817. The minimum Gasteiger partial charge on any atom is -0.497 e. The Morgan fingerprint density at radius 1 is 1.17 bits per heavy atom. The van der Waals surface area contributed by atoms with Gasteiger partial charge in [-0.05, 0) is 49.4 Å². The molecule has 0 spiro atoms. The standard InChI is InChI=1S/C21H23F3N2O3/c1-28-18-4-2-3-14(11-18)12-19(27)26-16-6-8-17(9-7-16)29-20-10-5-15(13-25-20)21(22,23)24/h2-5,10-11,13,16-17H,6-9,12H2,1H3,(H,26,27). The SMILES string of the molecule is COc1cccc(CC(=O)NC2CCC(Oc3ccc(C(F)(F)F)cn3)CC2)c1. The van der Waals surface area contributed by atoms with E-state index in [2.05, 4.69) is 10.3 Å². The molecule has 1 aromatic carbocycles. The van der Waals surface area contributed by atoms with Crippen LogP contribution < -0.4 is 14.8 Å². The van der Waals surface area contributed by atoms with Crippen LogP contribution in [-0.2, 0) is 17.4 Å². The van der Waals surface area contributed by atoms with E-state index in [1.54, 1.807) is 7.11 Å². The van der Waals surface area contributed by atoms with Crippen molar-refractivity contribution in [1.82, 2.24) is 10.3 Å². The Morgan fingerprint density at radius 2 is 1.93 bits per heavy atom. The number of amides is 1. The highest BCUT2D eigenvalue weighted by Gasteiger charge is 2.31. The lowest BCUT2D eigenvalue weighted by Crippen LogP contribution is -2.40. The maximum atomic E-state index is 12.6. The second kappa shape index (κ2) is 9.15. The third-order valence-electron chi connectivity index (χ3n) is 4.89. The Morgan fingerprint density at radius 3 is 2.55 bits per heavy atom. The van der Waals surface area contributed by atoms with E-state index in [1.165, 1.54) is 6.07 Å². The predicted molar refractivity (Wildman–Crippen MR) is 101 cm³/mol. The molecule has 5 nitrogen and oxygen atoms in total. The minimum atomic E-state index is -4.41. The van der Waals surface area contributed by atoms with Crippen molar-refractivity contribution in [2.45, 2.75) is 50.4 Å². The van der Waals surface area contributed by atoms with E-state index >= 15 is 0 Å². The van der Waals surface area contributed by atoms with E-state index in [9.17, 15) is 18.0 Å². The summed E-state index contributed by atoms with van der Waals surface area (Å²) in [5.41, 5.74) is 0.0829. The maximum absolute atomic E-state index is 12.6. The number of pyridine rings is 1. The molecule has 0 aliphatic heterocycles. The average molecular weight is 408 g/mol. The first kappa shape index (κ1) is 21.0. The molecule has 1 heterocycles. The van der Waals surface area contributed by atoms with Crippen LogP contribution in [0.2, 0.25) is 0 Å². The van der Waals surface area contributed by atoms with Crippen molar-refractivity contribution in [3.63, 3.8) is 0 Å². The van der Waals surface area contributed by atoms with E-state index in [0.29, 0.717) is 18.6 Å². The van der Waals surface area contributed by atoms with Gasteiger partial charge in [0.1, 0.15) is 11.9 Å². The van der Waals surface area contributed by atoms with Crippen molar-refractivity contribution in [1.29, 1.82) is 0 Å². The fourth-order valence-corrected chi connectivity index (χ4v) is 3.36. The zero-order valence-corrected chi connectivity index (χ0v) is 16.0. The van der Waals surface area contributed by atoms with Crippen LogP contribution in [0.3, 0.4) is 0 Å². The van der Waals surface area contributed by atoms with Crippen molar-refractivity contribution in [3.05, 3.63) is 53.7 Å². The van der Waals surface area contributed by atoms with Crippen LogP contribution in [-0.4, -0.2) is 30.1 Å². The topological polar surface area (TPSA) is 60.5 Å². The average Bonchev–Trinajstić information content (AvgIpc) is 2.69. The van der Waals surface area contributed by atoms with Gasteiger partial charge in [-0.2, -0.15) is 13.2 Å². The number of nitrogens with one attached hydrogen (secondary N) is 1. The third kappa shape index (κ3) is 6.10. The van der Waals surface area contributed by atoms with Gasteiger partial charge in [0.25, 0.3) is 0 Å². The van der Waals surface area contributed by atoms with Crippen molar-refractivity contribution in [2.75, 3.05) is 7.11 Å². The molecule has 29 heavy (non-hydrogen) atoms. The summed E-state index contributed by atoms with van der Waals surface area (Å²) in [6.07, 6.45) is -0.579. The van der Waals surface area contributed by atoms with Crippen molar-refractivity contribution >= 4 is 5.91 Å². The Kier molecular flexibility index (Phi) is 6.61. The summed E-state index contributed by atoms with van der Waals surface area (Å²) in [6.45, 7) is 0. The number of alkyl halides is 3. The van der Waals surface area contributed by atoms with Gasteiger partial charge in [-0.15, -0.1) is 0 Å². The molecule has 1 fully saturated rings. The predicted octanol–water partition coefficient (Wildman–Crippen LogP) is 4.16. The van der Waals surface area contributed by atoms with Gasteiger partial charge in [0.2, 0.25) is 11.8 Å². The molecule has 1 aliphatic rings. The Hall–Kier alpha value is -2.77. The monoisotopic (exact) mass is 408 g/mol. The molecule has 0 bridgehead atoms. The summed E-state index contributed by atoms with van der Waals surface area (Å²) >= 11 is 0. The van der Waals surface area contributed by atoms with Gasteiger partial charge < -0.3 is 14.8 Å². The Balaban J connectivity index is 1.43. The number of aromatic nitrogens is 1. The van der Waals surface area contributed by atoms with Crippen molar-refractivity contribution < 1.29 is 27.4 Å². The summed E-state index contributed by atoms with van der Waals surface area (Å²) in [5.74, 6) is 0.848. The minimum absolute atomic E-state index is 0.0490. The molecule has 0 saturated heterocycles. The number of methoxy groups -OCH3 is 1. The molecule has 0 unspecified atom stereocenters. The summed E-state index contributed by atoms with van der Waals surface area (Å²) in [5, 5.41) is 3.04. The van der Waals surface area contributed by atoms with E-state index in [4.69, 9.17) is 9.47 Å². The van der Waals surface area contributed by atoms with Gasteiger partial charge in [0.05, 0.1) is 19.1 Å². The molecular formula is C21H23F3N2O3. The van der Waals surface area contributed by atoms with Gasteiger partial charge in [-0.25, -0.2) is 4.98 Å². The molecule has 1 amide bonds. The molecule has 0 radical (unpaired) electrons. The smallest absolute Gasteiger partial charge is 0.417 e. The van der Waals surface area contributed by atoms with Crippen molar-refractivity contribution in [2.24, 2.45) is 0 Å². The molecule has 156 valence electrons. The maximum Gasteiger partial charge on any atom is 0.417 e. The van der Waals surface area contributed by atoms with Crippen molar-refractivity contribution in [3.8, 4) is 11.6 Å². The first-order valence-electron chi connectivity index (χ1n) is 9.45. The second-order valence-corrected chi connectivity index (χ2v) is 7.07. The molecule has 2 aromatic rings. The van der Waals surface area contributed by atoms with E-state index in [0.717, 1.165) is 30.7 Å². The quantitative estimate of drug-likeness (QED) is 0.780. The Labute approximate surface area is 167 Å². The number of carbonyl (C=O) groups is 1. The van der Waals surface area contributed by atoms with Crippen LogP contribution in [0.15, 0.2) is 42.6 Å². The zero-order valence-electron chi connectivity index (χ0n) is 16.0. The number of carbonyl (C=O) groups excluding carboxylic acids is 1. The number of nitrogens with zero attached hydrogens (tertiary/aromatic N) is 1. The lowest BCUT2D eigenvalue weighted by Gasteiger charge is -2.29. The first-order valence-corrected chi connectivity index (χ1v) is 9.45. The second-order valence-electron chi connectivity index (χ2n) is 7.07. The number of halogens is 3. The van der Waals surface area contributed by atoms with Gasteiger partial charge in [-0.1, -0.05) is 12.1 Å². The summed E-state index contributed by atoms with van der Waals surface area (Å²) < 4.78 is 48.6. The lowest BCUT2D eigenvalue weighted by molar-refractivity contribution is -0.137. The molecule has 1 N–H and O–H groups in total. The highest BCUT2D eigenvalue weighted by Crippen LogP contribution is 2.30. The van der Waals surface area contributed by atoms with Gasteiger partial charge >= 0.3 is 6.18 Å². The van der Waals surface area contributed by atoms with Gasteiger partial charge in [0, 0.05) is 18.3 Å². The number of hydrogen-bond donors (Lipinski definition) is 1. The third-order valence-corrected chi connectivity index (χ3v) is 4.89. The number of hydrogen-bond acceptors (Lipinski definition) is 4. The summed E-state index contributed by atoms with van der Waals surface area (Å²) in [4.78, 5) is 16.0. The van der Waals surface area contributed by atoms with Crippen LogP contribution >= 0.6 is 0 Å². The first-order chi connectivity index (χ1) is 13.8. The molecule has 8 heteroatoms.